The summed E-state index contributed by atoms with van der Waals surface area (Å²) in [6.07, 6.45) is 4.35. The van der Waals surface area contributed by atoms with E-state index >= 15 is 0 Å². The van der Waals surface area contributed by atoms with Gasteiger partial charge in [0.25, 0.3) is 5.91 Å². The van der Waals surface area contributed by atoms with Crippen molar-refractivity contribution >= 4 is 23.3 Å². The van der Waals surface area contributed by atoms with Crippen LogP contribution in [0.3, 0.4) is 0 Å². The molecule has 2 heterocycles. The number of nitrogens with zero attached hydrogens (tertiary/aromatic N) is 2. The van der Waals surface area contributed by atoms with Crippen molar-refractivity contribution in [1.82, 2.24) is 15.3 Å². The quantitative estimate of drug-likeness (QED) is 0.861. The van der Waals surface area contributed by atoms with E-state index in [0.29, 0.717) is 17.4 Å². The molecule has 2 aromatic rings. The predicted molar refractivity (Wildman–Crippen MR) is 83.4 cm³/mol. The third kappa shape index (κ3) is 4.43. The van der Waals surface area contributed by atoms with E-state index in [2.05, 4.69) is 27.5 Å². The van der Waals surface area contributed by atoms with Crippen LogP contribution < -0.4 is 10.6 Å². The van der Waals surface area contributed by atoms with Crippen molar-refractivity contribution in [3.05, 3.63) is 52.9 Å². The van der Waals surface area contributed by atoms with Gasteiger partial charge < -0.3 is 10.6 Å². The van der Waals surface area contributed by atoms with Crippen LogP contribution in [0.2, 0.25) is 5.02 Å². The summed E-state index contributed by atoms with van der Waals surface area (Å²) < 4.78 is 0. The fourth-order valence-electron chi connectivity index (χ4n) is 1.72. The van der Waals surface area contributed by atoms with Crippen LogP contribution in [0.25, 0.3) is 0 Å². The van der Waals surface area contributed by atoms with Crippen LogP contribution >= 0.6 is 11.6 Å². The van der Waals surface area contributed by atoms with Gasteiger partial charge >= 0.3 is 0 Å². The molecule has 5 nitrogen and oxygen atoms in total. The maximum Gasteiger partial charge on any atom is 0.271 e. The molecule has 0 aliphatic rings. The Morgan fingerprint density at radius 2 is 2.00 bits per heavy atom. The highest BCUT2D eigenvalue weighted by Crippen LogP contribution is 2.16. The van der Waals surface area contributed by atoms with Crippen LogP contribution in [0.4, 0.5) is 5.82 Å². The molecule has 0 bridgehead atoms. The summed E-state index contributed by atoms with van der Waals surface area (Å²) in [7, 11) is 0. The molecule has 0 spiro atoms. The van der Waals surface area contributed by atoms with Gasteiger partial charge in [-0.3, -0.25) is 9.78 Å². The standard InChI is InChI=1S/C15H17ClN4O/c1-2-7-18-13-4-3-12(16)14(20-13)15(21)19-10-11-5-8-17-9-6-11/h3-6,8-9H,2,7,10H2,1H3,(H,18,20)(H,19,21). The fourth-order valence-corrected chi connectivity index (χ4v) is 1.91. The number of nitrogens with one attached hydrogen (secondary N) is 2. The van der Waals surface area contributed by atoms with E-state index in [-0.39, 0.29) is 11.6 Å². The maximum atomic E-state index is 12.2. The van der Waals surface area contributed by atoms with Gasteiger partial charge in [0.05, 0.1) is 5.02 Å². The van der Waals surface area contributed by atoms with Gasteiger partial charge in [-0.25, -0.2) is 4.98 Å². The van der Waals surface area contributed by atoms with E-state index in [1.807, 2.05) is 12.1 Å². The van der Waals surface area contributed by atoms with Crippen molar-refractivity contribution in [2.45, 2.75) is 19.9 Å². The lowest BCUT2D eigenvalue weighted by Crippen LogP contribution is -2.24. The van der Waals surface area contributed by atoms with Gasteiger partial charge in [0.2, 0.25) is 0 Å². The third-order valence-electron chi connectivity index (χ3n) is 2.82. The molecule has 2 rings (SSSR count). The van der Waals surface area contributed by atoms with Crippen molar-refractivity contribution in [2.24, 2.45) is 0 Å². The van der Waals surface area contributed by atoms with Crippen molar-refractivity contribution in [3.63, 3.8) is 0 Å². The summed E-state index contributed by atoms with van der Waals surface area (Å²) in [6.45, 7) is 3.27. The second-order valence-electron chi connectivity index (χ2n) is 4.49. The Morgan fingerprint density at radius 3 is 2.71 bits per heavy atom. The fraction of sp³-hybridized carbons (Fsp3) is 0.267. The number of carbonyl (C=O) groups is 1. The number of carbonyl (C=O) groups excluding carboxylic acids is 1. The first-order chi connectivity index (χ1) is 10.2. The van der Waals surface area contributed by atoms with Crippen LogP contribution in [-0.2, 0) is 6.54 Å². The van der Waals surface area contributed by atoms with Crippen molar-refractivity contribution in [1.29, 1.82) is 0 Å². The smallest absolute Gasteiger partial charge is 0.271 e. The zero-order chi connectivity index (χ0) is 15.1. The summed E-state index contributed by atoms with van der Waals surface area (Å²) in [4.78, 5) is 20.3. The van der Waals surface area contributed by atoms with E-state index in [4.69, 9.17) is 11.6 Å². The predicted octanol–water partition coefficient (Wildman–Crippen LogP) is 2.88. The molecule has 6 heteroatoms. The van der Waals surface area contributed by atoms with Gasteiger partial charge in [0, 0.05) is 25.5 Å². The monoisotopic (exact) mass is 304 g/mol. The maximum absolute atomic E-state index is 12.2. The van der Waals surface area contributed by atoms with Crippen molar-refractivity contribution in [3.8, 4) is 0 Å². The Labute approximate surface area is 128 Å². The first-order valence-corrected chi connectivity index (χ1v) is 7.16. The summed E-state index contributed by atoms with van der Waals surface area (Å²) in [5, 5.41) is 6.27. The Morgan fingerprint density at radius 1 is 1.24 bits per heavy atom. The first-order valence-electron chi connectivity index (χ1n) is 6.78. The van der Waals surface area contributed by atoms with Crippen molar-refractivity contribution < 1.29 is 4.79 Å². The van der Waals surface area contributed by atoms with Crippen LogP contribution in [-0.4, -0.2) is 22.4 Å². The minimum atomic E-state index is -0.294. The lowest BCUT2D eigenvalue weighted by molar-refractivity contribution is 0.0946. The van der Waals surface area contributed by atoms with E-state index in [9.17, 15) is 4.79 Å². The largest absolute Gasteiger partial charge is 0.370 e. The van der Waals surface area contributed by atoms with Gasteiger partial charge in [-0.1, -0.05) is 18.5 Å². The highest BCUT2D eigenvalue weighted by atomic mass is 35.5. The number of aromatic nitrogens is 2. The van der Waals surface area contributed by atoms with E-state index in [0.717, 1.165) is 18.5 Å². The molecule has 0 atom stereocenters. The molecule has 1 amide bonds. The van der Waals surface area contributed by atoms with Crippen LogP contribution in [0.15, 0.2) is 36.7 Å². The second-order valence-corrected chi connectivity index (χ2v) is 4.90. The molecular weight excluding hydrogens is 288 g/mol. The summed E-state index contributed by atoms with van der Waals surface area (Å²) in [6, 6.07) is 7.12. The number of halogens is 1. The SMILES string of the molecule is CCCNc1ccc(Cl)c(C(=O)NCc2ccncc2)n1. The number of rotatable bonds is 6. The summed E-state index contributed by atoms with van der Waals surface area (Å²) in [5.74, 6) is 0.354. The van der Waals surface area contributed by atoms with Gasteiger partial charge in [-0.15, -0.1) is 0 Å². The average molecular weight is 305 g/mol. The van der Waals surface area contributed by atoms with Gasteiger partial charge in [-0.2, -0.15) is 0 Å². The van der Waals surface area contributed by atoms with Crippen molar-refractivity contribution in [2.75, 3.05) is 11.9 Å². The number of pyridine rings is 2. The lowest BCUT2D eigenvalue weighted by atomic mass is 10.2. The van der Waals surface area contributed by atoms with E-state index in [1.165, 1.54) is 0 Å². The Kier molecular flexibility index (Phi) is 5.51. The third-order valence-corrected chi connectivity index (χ3v) is 3.12. The Balaban J connectivity index is 2.04. The first kappa shape index (κ1) is 15.3. The molecule has 2 N–H and O–H groups in total. The van der Waals surface area contributed by atoms with Gasteiger partial charge in [0.1, 0.15) is 11.5 Å². The number of amides is 1. The average Bonchev–Trinajstić information content (AvgIpc) is 2.53. The number of hydrogen-bond acceptors (Lipinski definition) is 4. The molecule has 0 saturated heterocycles. The van der Waals surface area contributed by atoms with Gasteiger partial charge in [0.15, 0.2) is 0 Å². The zero-order valence-electron chi connectivity index (χ0n) is 11.8. The number of anilines is 1. The molecule has 21 heavy (non-hydrogen) atoms. The molecule has 0 aliphatic carbocycles. The molecule has 0 saturated carbocycles. The summed E-state index contributed by atoms with van der Waals surface area (Å²) in [5.41, 5.74) is 1.20. The molecule has 110 valence electrons. The lowest BCUT2D eigenvalue weighted by Gasteiger charge is -2.09. The highest BCUT2D eigenvalue weighted by molar-refractivity contribution is 6.33. The van der Waals surface area contributed by atoms with Crippen LogP contribution in [0, 0.1) is 0 Å². The minimum Gasteiger partial charge on any atom is -0.370 e. The molecule has 0 aromatic carbocycles. The molecule has 0 fully saturated rings. The normalized spacial score (nSPS) is 10.2. The highest BCUT2D eigenvalue weighted by Gasteiger charge is 2.12. The number of hydrogen-bond donors (Lipinski definition) is 2. The van der Waals surface area contributed by atoms with Crippen LogP contribution in [0.5, 0.6) is 0 Å². The summed E-state index contributed by atoms with van der Waals surface area (Å²) >= 11 is 6.05. The molecule has 0 radical (unpaired) electrons. The molecule has 0 unspecified atom stereocenters. The van der Waals surface area contributed by atoms with E-state index < -0.39 is 0 Å². The second kappa shape index (κ2) is 7.59. The minimum absolute atomic E-state index is 0.229. The Hall–Kier alpha value is -2.14. The topological polar surface area (TPSA) is 66.9 Å². The molecule has 0 aliphatic heterocycles. The molecular formula is C15H17ClN4O. The van der Waals surface area contributed by atoms with E-state index in [1.54, 1.807) is 24.5 Å². The Bertz CT molecular complexity index is 604. The van der Waals surface area contributed by atoms with Crippen LogP contribution in [0.1, 0.15) is 29.4 Å². The van der Waals surface area contributed by atoms with Gasteiger partial charge in [-0.05, 0) is 36.2 Å². The molecule has 2 aromatic heterocycles. The zero-order valence-corrected chi connectivity index (χ0v) is 12.5.